The number of ketones is 1. The monoisotopic (exact) mass is 286 g/mol. The normalized spacial score (nSPS) is 10.1. The molecule has 0 amide bonds. The molecule has 2 N–H and O–H groups in total. The Kier molecular flexibility index (Phi) is 4.23. The van der Waals surface area contributed by atoms with E-state index in [1.807, 2.05) is 0 Å². The van der Waals surface area contributed by atoms with Crippen molar-refractivity contribution in [2.24, 2.45) is 0 Å². The quantitative estimate of drug-likeness (QED) is 0.666. The molecule has 0 heterocycles. The number of esters is 1. The molecule has 0 unspecified atom stereocenters. The van der Waals surface area contributed by atoms with Gasteiger partial charge in [-0.2, -0.15) is 0 Å². The van der Waals surface area contributed by atoms with Gasteiger partial charge in [0, 0.05) is 5.56 Å². The van der Waals surface area contributed by atoms with Crippen molar-refractivity contribution in [1.29, 1.82) is 0 Å². The highest BCUT2D eigenvalue weighted by atomic mass is 16.5. The van der Waals surface area contributed by atoms with Crippen LogP contribution in [-0.4, -0.2) is 28.6 Å². The maximum absolute atomic E-state index is 12.3. The van der Waals surface area contributed by atoms with E-state index in [4.69, 9.17) is 4.74 Å². The molecule has 0 spiro atoms. The number of rotatable bonds is 4. The minimum Gasteiger partial charge on any atom is -0.507 e. The van der Waals surface area contributed by atoms with E-state index in [2.05, 4.69) is 0 Å². The van der Waals surface area contributed by atoms with Crippen molar-refractivity contribution < 1.29 is 24.5 Å². The number of para-hydroxylation sites is 1. The first-order valence-electron chi connectivity index (χ1n) is 6.37. The molecule has 5 nitrogen and oxygen atoms in total. The van der Waals surface area contributed by atoms with E-state index >= 15 is 0 Å². The van der Waals surface area contributed by atoms with E-state index in [0.29, 0.717) is 0 Å². The summed E-state index contributed by atoms with van der Waals surface area (Å²) in [4.78, 5) is 24.0. The van der Waals surface area contributed by atoms with E-state index in [-0.39, 0.29) is 34.8 Å². The maximum Gasteiger partial charge on any atom is 0.341 e. The van der Waals surface area contributed by atoms with Crippen LogP contribution >= 0.6 is 0 Å². The smallest absolute Gasteiger partial charge is 0.341 e. The van der Waals surface area contributed by atoms with Crippen LogP contribution in [0.4, 0.5) is 0 Å². The first-order chi connectivity index (χ1) is 10.0. The van der Waals surface area contributed by atoms with Gasteiger partial charge in [0.1, 0.15) is 17.1 Å². The topological polar surface area (TPSA) is 83.8 Å². The highest BCUT2D eigenvalue weighted by Gasteiger charge is 2.18. The van der Waals surface area contributed by atoms with Crippen molar-refractivity contribution in [3.63, 3.8) is 0 Å². The van der Waals surface area contributed by atoms with Crippen molar-refractivity contribution in [1.82, 2.24) is 0 Å². The largest absolute Gasteiger partial charge is 0.507 e. The van der Waals surface area contributed by atoms with Crippen LogP contribution in [0.15, 0.2) is 42.5 Å². The van der Waals surface area contributed by atoms with E-state index in [1.165, 1.54) is 30.3 Å². The Balaban J connectivity index is 2.41. The van der Waals surface area contributed by atoms with Crippen LogP contribution in [-0.2, 0) is 4.74 Å². The molecule has 0 aliphatic carbocycles. The van der Waals surface area contributed by atoms with E-state index in [0.717, 1.165) is 0 Å². The molecule has 0 aromatic heterocycles. The summed E-state index contributed by atoms with van der Waals surface area (Å²) in [5.41, 5.74) is 0.216. The van der Waals surface area contributed by atoms with Crippen LogP contribution in [0.25, 0.3) is 0 Å². The number of benzene rings is 2. The number of carbonyl (C=O) groups excluding carboxylic acids is 2. The molecule has 0 saturated carbocycles. The number of phenolic OH excluding ortho intramolecular Hbond substituents is 2. The lowest BCUT2D eigenvalue weighted by Crippen LogP contribution is -2.08. The molecule has 0 aliphatic heterocycles. The average molecular weight is 286 g/mol. The van der Waals surface area contributed by atoms with Gasteiger partial charge in [0.2, 0.25) is 0 Å². The van der Waals surface area contributed by atoms with E-state index in [9.17, 15) is 19.8 Å². The predicted molar refractivity (Wildman–Crippen MR) is 75.6 cm³/mol. The summed E-state index contributed by atoms with van der Waals surface area (Å²) in [6.07, 6.45) is 0. The molecule has 0 atom stereocenters. The molecule has 0 bridgehead atoms. The summed E-state index contributed by atoms with van der Waals surface area (Å²) in [5.74, 6) is -1.56. The zero-order chi connectivity index (χ0) is 15.4. The van der Waals surface area contributed by atoms with Gasteiger partial charge >= 0.3 is 5.97 Å². The Labute approximate surface area is 121 Å². The maximum atomic E-state index is 12.3. The van der Waals surface area contributed by atoms with Crippen molar-refractivity contribution in [3.05, 3.63) is 59.2 Å². The minimum atomic E-state index is -0.707. The van der Waals surface area contributed by atoms with Gasteiger partial charge in [0.05, 0.1) is 12.2 Å². The van der Waals surface area contributed by atoms with Crippen LogP contribution in [0.3, 0.4) is 0 Å². The summed E-state index contributed by atoms with van der Waals surface area (Å²) in [6.45, 7) is 1.81. The minimum absolute atomic E-state index is 0.0851. The molecule has 2 aromatic rings. The number of hydrogen-bond donors (Lipinski definition) is 2. The van der Waals surface area contributed by atoms with E-state index in [1.54, 1.807) is 19.1 Å². The second-order valence-corrected chi connectivity index (χ2v) is 4.30. The number of hydrogen-bond acceptors (Lipinski definition) is 5. The van der Waals surface area contributed by atoms with Gasteiger partial charge in [0.15, 0.2) is 5.78 Å². The van der Waals surface area contributed by atoms with Crippen LogP contribution in [0, 0.1) is 0 Å². The van der Waals surface area contributed by atoms with Gasteiger partial charge in [0.25, 0.3) is 0 Å². The third-order valence-electron chi connectivity index (χ3n) is 2.90. The van der Waals surface area contributed by atoms with Gasteiger partial charge in [-0.05, 0) is 37.3 Å². The number of carbonyl (C=O) groups is 2. The lowest BCUT2D eigenvalue weighted by molar-refractivity contribution is 0.0523. The number of phenols is 2. The molecule has 0 fully saturated rings. The van der Waals surface area contributed by atoms with Crippen LogP contribution in [0.1, 0.15) is 33.2 Å². The van der Waals surface area contributed by atoms with Gasteiger partial charge in [-0.15, -0.1) is 0 Å². The fourth-order valence-electron chi connectivity index (χ4n) is 1.87. The second kappa shape index (κ2) is 6.09. The fraction of sp³-hybridized carbons (Fsp3) is 0.125. The van der Waals surface area contributed by atoms with Crippen LogP contribution in [0.2, 0.25) is 0 Å². The third-order valence-corrected chi connectivity index (χ3v) is 2.90. The highest BCUT2D eigenvalue weighted by Crippen LogP contribution is 2.24. The summed E-state index contributed by atoms with van der Waals surface area (Å²) in [6, 6.07) is 10.00. The van der Waals surface area contributed by atoms with Gasteiger partial charge < -0.3 is 14.9 Å². The highest BCUT2D eigenvalue weighted by molar-refractivity contribution is 6.11. The Hall–Kier alpha value is -2.82. The zero-order valence-electron chi connectivity index (χ0n) is 11.4. The third kappa shape index (κ3) is 3.02. The number of aromatic hydroxyl groups is 2. The summed E-state index contributed by atoms with van der Waals surface area (Å²) < 4.78 is 4.81. The Morgan fingerprint density at radius 3 is 2.33 bits per heavy atom. The Morgan fingerprint density at radius 1 is 1.00 bits per heavy atom. The molecule has 0 saturated heterocycles. The first-order valence-corrected chi connectivity index (χ1v) is 6.37. The Morgan fingerprint density at radius 2 is 1.67 bits per heavy atom. The van der Waals surface area contributed by atoms with Crippen LogP contribution < -0.4 is 0 Å². The molecular formula is C16H14O5. The van der Waals surface area contributed by atoms with Crippen LogP contribution in [0.5, 0.6) is 11.5 Å². The zero-order valence-corrected chi connectivity index (χ0v) is 11.4. The van der Waals surface area contributed by atoms with Crippen molar-refractivity contribution in [2.75, 3.05) is 6.61 Å². The predicted octanol–water partition coefficient (Wildman–Crippen LogP) is 2.51. The van der Waals surface area contributed by atoms with Gasteiger partial charge in [-0.3, -0.25) is 4.79 Å². The molecule has 0 aliphatic rings. The molecule has 5 heteroatoms. The fourth-order valence-corrected chi connectivity index (χ4v) is 1.87. The molecule has 0 radical (unpaired) electrons. The SMILES string of the molecule is CCOC(=O)c1cc(C(=O)c2ccccc2O)ccc1O. The Bertz CT molecular complexity index is 691. The first kappa shape index (κ1) is 14.6. The van der Waals surface area contributed by atoms with Crippen molar-refractivity contribution >= 4 is 11.8 Å². The molecule has 108 valence electrons. The van der Waals surface area contributed by atoms with Crippen molar-refractivity contribution in [2.45, 2.75) is 6.92 Å². The molecular weight excluding hydrogens is 272 g/mol. The lowest BCUT2D eigenvalue weighted by Gasteiger charge is -2.08. The molecule has 21 heavy (non-hydrogen) atoms. The average Bonchev–Trinajstić information content (AvgIpc) is 2.48. The van der Waals surface area contributed by atoms with Gasteiger partial charge in [-0.1, -0.05) is 12.1 Å². The van der Waals surface area contributed by atoms with E-state index < -0.39 is 11.8 Å². The summed E-state index contributed by atoms with van der Waals surface area (Å²) >= 11 is 0. The molecule has 2 rings (SSSR count). The molecule has 2 aromatic carbocycles. The number of ether oxygens (including phenoxy) is 1. The second-order valence-electron chi connectivity index (χ2n) is 4.30. The summed E-state index contributed by atoms with van der Waals surface area (Å²) in [5, 5.41) is 19.4. The standard InChI is InChI=1S/C16H14O5/c1-2-21-16(20)12-9-10(7-8-14(12)18)15(19)11-5-3-4-6-13(11)17/h3-9,17-18H,2H2,1H3. The van der Waals surface area contributed by atoms with Gasteiger partial charge in [-0.25, -0.2) is 4.79 Å². The lowest BCUT2D eigenvalue weighted by atomic mass is 10.00. The summed E-state index contributed by atoms with van der Waals surface area (Å²) in [7, 11) is 0. The van der Waals surface area contributed by atoms with Crippen molar-refractivity contribution in [3.8, 4) is 11.5 Å².